The average molecular weight is 815 g/mol. The van der Waals surface area contributed by atoms with Gasteiger partial charge in [-0.2, -0.15) is 0 Å². The van der Waals surface area contributed by atoms with Crippen LogP contribution in [0.4, 0.5) is 0 Å². The minimum atomic E-state index is -0.265. The van der Waals surface area contributed by atoms with Gasteiger partial charge in [0.15, 0.2) is 5.82 Å². The van der Waals surface area contributed by atoms with Crippen molar-refractivity contribution in [1.29, 1.82) is 0 Å². The molecule has 1 aliphatic carbocycles. The molecule has 12 rings (SSSR count). The highest BCUT2D eigenvalue weighted by molar-refractivity contribution is 6.12. The van der Waals surface area contributed by atoms with Crippen LogP contribution in [0.1, 0.15) is 23.6 Å². The first-order valence-corrected chi connectivity index (χ1v) is 22.1. The molecule has 0 aliphatic heterocycles. The van der Waals surface area contributed by atoms with E-state index in [9.17, 15) is 0 Å². The van der Waals surface area contributed by atoms with Crippen molar-refractivity contribution in [2.24, 2.45) is 0 Å². The van der Waals surface area contributed by atoms with Crippen molar-refractivity contribution < 1.29 is 0 Å². The molecule has 0 saturated heterocycles. The summed E-state index contributed by atoms with van der Waals surface area (Å²) < 4.78 is 0. The molecule has 2 nitrogen and oxygen atoms in total. The van der Waals surface area contributed by atoms with E-state index in [2.05, 4.69) is 225 Å². The van der Waals surface area contributed by atoms with Gasteiger partial charge in [-0.15, -0.1) is 0 Å². The number of hydrogen-bond acceptors (Lipinski definition) is 2. The molecule has 0 amide bonds. The third-order valence-corrected chi connectivity index (χ3v) is 13.4. The van der Waals surface area contributed by atoms with Crippen molar-refractivity contribution in [2.75, 3.05) is 0 Å². The molecule has 1 aliphatic rings. The van der Waals surface area contributed by atoms with Crippen LogP contribution < -0.4 is 0 Å². The van der Waals surface area contributed by atoms with Gasteiger partial charge in [-0.3, -0.25) is 0 Å². The summed E-state index contributed by atoms with van der Waals surface area (Å²) in [6.45, 7) is 2.39. The van der Waals surface area contributed by atoms with Crippen molar-refractivity contribution >= 4 is 21.5 Å². The van der Waals surface area contributed by atoms with Gasteiger partial charge in [-0.1, -0.05) is 224 Å². The molecule has 1 heterocycles. The first-order valence-electron chi connectivity index (χ1n) is 22.1. The van der Waals surface area contributed by atoms with Gasteiger partial charge in [-0.25, -0.2) is 9.97 Å². The zero-order valence-corrected chi connectivity index (χ0v) is 35.4. The number of nitrogens with zero attached hydrogens (tertiary/aromatic N) is 2. The Bertz CT molecular complexity index is 3540. The standard InChI is InChI=1S/C62H42N2/c1-62(46-21-9-4-10-22-46)57-28-16-15-27-54(57)55-34-33-45(39-58(55)62)47-35-36-52(49-24-12-11-23-48(47)49)53-37-38-56(51-26-14-13-25-50(51)53)60-40-59(63-61(64-60)44-19-7-3-8-20-44)43-31-29-42(30-32-43)41-17-5-2-6-18-41/h2-40H,1H3. The second-order valence-electron chi connectivity index (χ2n) is 17.0. The van der Waals surface area contributed by atoms with Gasteiger partial charge in [-0.05, 0) is 102 Å². The molecular formula is C62H42N2. The van der Waals surface area contributed by atoms with Gasteiger partial charge in [0.1, 0.15) is 0 Å². The average Bonchev–Trinajstić information content (AvgIpc) is 3.64. The molecule has 1 unspecified atom stereocenters. The normalized spacial score (nSPS) is 14.1. The summed E-state index contributed by atoms with van der Waals surface area (Å²) in [6.07, 6.45) is 0. The summed E-state index contributed by atoms with van der Waals surface area (Å²) in [4.78, 5) is 10.4. The van der Waals surface area contributed by atoms with Gasteiger partial charge < -0.3 is 0 Å². The van der Waals surface area contributed by atoms with Gasteiger partial charge in [0.05, 0.1) is 11.4 Å². The number of fused-ring (bicyclic) bond motifs is 5. The summed E-state index contributed by atoms with van der Waals surface area (Å²) in [5, 5.41) is 4.79. The van der Waals surface area contributed by atoms with E-state index < -0.39 is 0 Å². The predicted molar refractivity (Wildman–Crippen MR) is 267 cm³/mol. The van der Waals surface area contributed by atoms with Crippen LogP contribution in [-0.2, 0) is 5.41 Å². The molecule has 0 bridgehead atoms. The Morgan fingerprint density at radius 3 is 1.39 bits per heavy atom. The Labute approximate surface area is 373 Å². The largest absolute Gasteiger partial charge is 0.228 e. The molecule has 0 N–H and O–H groups in total. The molecular weight excluding hydrogens is 773 g/mol. The van der Waals surface area contributed by atoms with Crippen LogP contribution in [0.15, 0.2) is 237 Å². The van der Waals surface area contributed by atoms with Gasteiger partial charge >= 0.3 is 0 Å². The summed E-state index contributed by atoms with van der Waals surface area (Å²) in [5.41, 5.74) is 18.5. The van der Waals surface area contributed by atoms with Crippen LogP contribution in [0, 0.1) is 0 Å². The van der Waals surface area contributed by atoms with Gasteiger partial charge in [0.2, 0.25) is 0 Å². The maximum atomic E-state index is 5.27. The second-order valence-corrected chi connectivity index (χ2v) is 17.0. The lowest BCUT2D eigenvalue weighted by atomic mass is 9.74. The van der Waals surface area contributed by atoms with E-state index in [4.69, 9.17) is 9.97 Å². The van der Waals surface area contributed by atoms with Crippen LogP contribution in [0.2, 0.25) is 0 Å². The summed E-state index contributed by atoms with van der Waals surface area (Å²) >= 11 is 0. The fourth-order valence-electron chi connectivity index (χ4n) is 10.2. The summed E-state index contributed by atoms with van der Waals surface area (Å²) in [5.74, 6) is 0.703. The first-order chi connectivity index (χ1) is 31.6. The number of rotatable bonds is 7. The van der Waals surface area contributed by atoms with Crippen LogP contribution >= 0.6 is 0 Å². The maximum absolute atomic E-state index is 5.27. The lowest BCUT2D eigenvalue weighted by Gasteiger charge is -2.28. The molecule has 0 fully saturated rings. The van der Waals surface area contributed by atoms with E-state index in [1.165, 1.54) is 77.4 Å². The van der Waals surface area contributed by atoms with Crippen molar-refractivity contribution in [3.8, 4) is 78.4 Å². The maximum Gasteiger partial charge on any atom is 0.160 e. The number of hydrogen-bond donors (Lipinski definition) is 0. The lowest BCUT2D eigenvalue weighted by molar-refractivity contribution is 0.714. The van der Waals surface area contributed by atoms with E-state index in [-0.39, 0.29) is 5.41 Å². The third kappa shape index (κ3) is 6.18. The molecule has 1 aromatic heterocycles. The topological polar surface area (TPSA) is 25.8 Å². The zero-order chi connectivity index (χ0) is 42.6. The summed E-state index contributed by atoms with van der Waals surface area (Å²) in [6, 6.07) is 85.5. The highest BCUT2D eigenvalue weighted by Crippen LogP contribution is 2.53. The van der Waals surface area contributed by atoms with E-state index in [0.29, 0.717) is 5.82 Å². The van der Waals surface area contributed by atoms with Crippen LogP contribution in [0.3, 0.4) is 0 Å². The van der Waals surface area contributed by atoms with E-state index >= 15 is 0 Å². The lowest BCUT2D eigenvalue weighted by Crippen LogP contribution is -2.22. The van der Waals surface area contributed by atoms with Crippen molar-refractivity contribution in [3.63, 3.8) is 0 Å². The van der Waals surface area contributed by atoms with Crippen molar-refractivity contribution in [2.45, 2.75) is 12.3 Å². The first kappa shape index (κ1) is 37.6. The molecule has 11 aromatic rings. The number of aromatic nitrogens is 2. The smallest absolute Gasteiger partial charge is 0.160 e. The Morgan fingerprint density at radius 2 is 0.719 bits per heavy atom. The van der Waals surface area contributed by atoms with Crippen LogP contribution in [0.5, 0.6) is 0 Å². The zero-order valence-electron chi connectivity index (χ0n) is 35.4. The Hall–Kier alpha value is -8.20. The molecule has 10 aromatic carbocycles. The second kappa shape index (κ2) is 15.3. The third-order valence-electron chi connectivity index (χ3n) is 13.4. The fourth-order valence-corrected chi connectivity index (χ4v) is 10.2. The van der Waals surface area contributed by atoms with E-state index in [1.807, 2.05) is 18.2 Å². The van der Waals surface area contributed by atoms with E-state index in [1.54, 1.807) is 0 Å². The Kier molecular flexibility index (Phi) is 8.98. The van der Waals surface area contributed by atoms with E-state index in [0.717, 1.165) is 33.5 Å². The summed E-state index contributed by atoms with van der Waals surface area (Å²) in [7, 11) is 0. The van der Waals surface area contributed by atoms with Crippen molar-refractivity contribution in [1.82, 2.24) is 9.97 Å². The minimum Gasteiger partial charge on any atom is -0.228 e. The van der Waals surface area contributed by atoms with Crippen LogP contribution in [0.25, 0.3) is 100.0 Å². The van der Waals surface area contributed by atoms with Gasteiger partial charge in [0, 0.05) is 22.1 Å². The fraction of sp³-hybridized carbons (Fsp3) is 0.0323. The predicted octanol–water partition coefficient (Wildman–Crippen LogP) is 16.1. The molecule has 0 spiro atoms. The highest BCUT2D eigenvalue weighted by atomic mass is 14.9. The molecule has 64 heavy (non-hydrogen) atoms. The quantitative estimate of drug-likeness (QED) is 0.160. The minimum absolute atomic E-state index is 0.265. The van der Waals surface area contributed by atoms with Crippen LogP contribution in [-0.4, -0.2) is 9.97 Å². The number of benzene rings is 10. The molecule has 1 atom stereocenters. The van der Waals surface area contributed by atoms with Crippen molar-refractivity contribution in [3.05, 3.63) is 253 Å². The molecule has 300 valence electrons. The molecule has 0 radical (unpaired) electrons. The highest BCUT2D eigenvalue weighted by Gasteiger charge is 2.40. The van der Waals surface area contributed by atoms with Gasteiger partial charge in [0.25, 0.3) is 0 Å². The molecule has 2 heteroatoms. The Balaban J connectivity index is 0.978. The molecule has 0 saturated carbocycles. The SMILES string of the molecule is CC1(c2ccccc2)c2ccccc2-c2ccc(-c3ccc(-c4ccc(-c5cc(-c6ccc(-c7ccccc7)cc6)nc(-c6ccccc6)n5)c5ccccc45)c4ccccc34)cc21. The monoisotopic (exact) mass is 814 g/mol. The Morgan fingerprint density at radius 1 is 0.281 bits per heavy atom.